The van der Waals surface area contributed by atoms with Gasteiger partial charge in [0, 0.05) is 25.0 Å². The van der Waals surface area contributed by atoms with Crippen molar-refractivity contribution < 1.29 is 9.59 Å². The number of primary amides is 1. The molecule has 1 aliphatic carbocycles. The highest BCUT2D eigenvalue weighted by Crippen LogP contribution is 2.31. The van der Waals surface area contributed by atoms with E-state index in [4.69, 9.17) is 11.5 Å². The van der Waals surface area contributed by atoms with Gasteiger partial charge in [0.2, 0.25) is 11.8 Å². The monoisotopic (exact) mass is 267 g/mol. The second-order valence-electron chi connectivity index (χ2n) is 6.09. The van der Waals surface area contributed by atoms with E-state index in [1.54, 1.807) is 0 Å². The van der Waals surface area contributed by atoms with Gasteiger partial charge in [0.25, 0.3) is 0 Å². The predicted octanol–water partition coefficient (Wildman–Crippen LogP) is 0.474. The van der Waals surface area contributed by atoms with Crippen LogP contribution >= 0.6 is 0 Å². The number of hydrogen-bond acceptors (Lipinski definition) is 3. The van der Waals surface area contributed by atoms with Crippen molar-refractivity contribution in [2.45, 2.75) is 45.1 Å². The molecule has 1 aliphatic heterocycles. The highest BCUT2D eigenvalue weighted by atomic mass is 16.2. The van der Waals surface area contributed by atoms with E-state index in [1.807, 2.05) is 4.90 Å². The Hall–Kier alpha value is -1.10. The molecule has 4 N–H and O–H groups in total. The molecule has 0 aromatic rings. The molecule has 0 spiro atoms. The summed E-state index contributed by atoms with van der Waals surface area (Å²) in [5.74, 6) is -0.0321. The van der Waals surface area contributed by atoms with Gasteiger partial charge in [-0.15, -0.1) is 0 Å². The third-order valence-electron chi connectivity index (χ3n) is 4.82. The molecule has 108 valence electrons. The first-order chi connectivity index (χ1) is 9.00. The van der Waals surface area contributed by atoms with Crippen molar-refractivity contribution >= 4 is 11.8 Å². The fourth-order valence-corrected chi connectivity index (χ4v) is 3.39. The maximum absolute atomic E-state index is 12.6. The van der Waals surface area contributed by atoms with Crippen LogP contribution in [0.2, 0.25) is 0 Å². The SMILES string of the molecule is CC1C(N)CCCC1C(=O)N1CCCC(C(N)=O)C1. The number of piperidine rings is 1. The van der Waals surface area contributed by atoms with Crippen LogP contribution in [0, 0.1) is 17.8 Å². The molecule has 0 bridgehead atoms. The minimum absolute atomic E-state index is 0.0235. The number of likely N-dealkylation sites (tertiary alicyclic amines) is 1. The quantitative estimate of drug-likeness (QED) is 0.762. The van der Waals surface area contributed by atoms with Gasteiger partial charge in [-0.1, -0.05) is 13.3 Å². The molecule has 1 heterocycles. The zero-order valence-corrected chi connectivity index (χ0v) is 11.7. The van der Waals surface area contributed by atoms with Crippen molar-refractivity contribution in [1.82, 2.24) is 4.90 Å². The van der Waals surface area contributed by atoms with E-state index in [1.165, 1.54) is 0 Å². The summed E-state index contributed by atoms with van der Waals surface area (Å²) in [4.78, 5) is 25.7. The van der Waals surface area contributed by atoms with Crippen LogP contribution in [0.3, 0.4) is 0 Å². The highest BCUT2D eigenvalue weighted by Gasteiger charge is 2.37. The summed E-state index contributed by atoms with van der Waals surface area (Å²) < 4.78 is 0. The second kappa shape index (κ2) is 5.90. The van der Waals surface area contributed by atoms with Gasteiger partial charge in [0.15, 0.2) is 0 Å². The fraction of sp³-hybridized carbons (Fsp3) is 0.857. The van der Waals surface area contributed by atoms with Crippen LogP contribution in [-0.4, -0.2) is 35.8 Å². The predicted molar refractivity (Wildman–Crippen MR) is 73.0 cm³/mol. The van der Waals surface area contributed by atoms with Crippen molar-refractivity contribution in [3.05, 3.63) is 0 Å². The van der Waals surface area contributed by atoms with Gasteiger partial charge in [0.1, 0.15) is 0 Å². The third-order valence-corrected chi connectivity index (χ3v) is 4.82. The number of carbonyl (C=O) groups excluding carboxylic acids is 2. The molecule has 2 fully saturated rings. The van der Waals surface area contributed by atoms with Crippen molar-refractivity contribution in [3.63, 3.8) is 0 Å². The van der Waals surface area contributed by atoms with Gasteiger partial charge in [-0.05, 0) is 31.6 Å². The maximum atomic E-state index is 12.6. The normalized spacial score (nSPS) is 36.0. The summed E-state index contributed by atoms with van der Waals surface area (Å²) in [6.45, 7) is 3.32. The summed E-state index contributed by atoms with van der Waals surface area (Å²) in [5, 5.41) is 0. The van der Waals surface area contributed by atoms with Crippen LogP contribution in [0.25, 0.3) is 0 Å². The van der Waals surface area contributed by atoms with Gasteiger partial charge in [-0.25, -0.2) is 0 Å². The molecule has 2 rings (SSSR count). The van der Waals surface area contributed by atoms with Crippen LogP contribution in [0.4, 0.5) is 0 Å². The molecule has 2 amide bonds. The van der Waals surface area contributed by atoms with E-state index < -0.39 is 0 Å². The van der Waals surface area contributed by atoms with Crippen LogP contribution in [0.1, 0.15) is 39.0 Å². The highest BCUT2D eigenvalue weighted by molar-refractivity contribution is 5.81. The molecule has 1 saturated carbocycles. The van der Waals surface area contributed by atoms with Crippen LogP contribution in [0.5, 0.6) is 0 Å². The summed E-state index contributed by atoms with van der Waals surface area (Å²) in [6.07, 6.45) is 4.63. The smallest absolute Gasteiger partial charge is 0.226 e. The van der Waals surface area contributed by atoms with Gasteiger partial charge in [-0.2, -0.15) is 0 Å². The largest absolute Gasteiger partial charge is 0.369 e. The molecular formula is C14H25N3O2. The lowest BCUT2D eigenvalue weighted by Crippen LogP contribution is -2.50. The van der Waals surface area contributed by atoms with Crippen molar-refractivity contribution in [1.29, 1.82) is 0 Å². The first kappa shape index (κ1) is 14.3. The number of rotatable bonds is 2. The minimum atomic E-state index is -0.286. The zero-order chi connectivity index (χ0) is 14.0. The van der Waals surface area contributed by atoms with E-state index in [0.717, 1.165) is 38.6 Å². The molecule has 0 aromatic heterocycles. The van der Waals surface area contributed by atoms with E-state index in [0.29, 0.717) is 6.54 Å². The lowest BCUT2D eigenvalue weighted by Gasteiger charge is -2.39. The Bertz CT molecular complexity index is 359. The Morgan fingerprint density at radius 2 is 1.89 bits per heavy atom. The molecule has 5 nitrogen and oxygen atoms in total. The van der Waals surface area contributed by atoms with E-state index in [9.17, 15) is 9.59 Å². The first-order valence-corrected chi connectivity index (χ1v) is 7.34. The van der Waals surface area contributed by atoms with E-state index >= 15 is 0 Å². The summed E-state index contributed by atoms with van der Waals surface area (Å²) in [7, 11) is 0. The Morgan fingerprint density at radius 3 is 2.58 bits per heavy atom. The topological polar surface area (TPSA) is 89.4 Å². The molecule has 5 heteroatoms. The van der Waals surface area contributed by atoms with Crippen LogP contribution in [0.15, 0.2) is 0 Å². The van der Waals surface area contributed by atoms with Crippen molar-refractivity contribution in [3.8, 4) is 0 Å². The average molecular weight is 267 g/mol. The molecule has 1 saturated heterocycles. The molecule has 4 atom stereocenters. The first-order valence-electron chi connectivity index (χ1n) is 7.34. The summed E-state index contributed by atoms with van der Waals surface area (Å²) >= 11 is 0. The summed E-state index contributed by atoms with van der Waals surface area (Å²) in [5.41, 5.74) is 11.4. The Labute approximate surface area is 114 Å². The molecule has 0 aromatic carbocycles. The van der Waals surface area contributed by atoms with Gasteiger partial charge < -0.3 is 16.4 Å². The molecule has 2 aliphatic rings. The third kappa shape index (κ3) is 3.08. The number of carbonyl (C=O) groups is 2. The van der Waals surface area contributed by atoms with Crippen LogP contribution < -0.4 is 11.5 Å². The Balaban J connectivity index is 2.00. The van der Waals surface area contributed by atoms with E-state index in [2.05, 4.69) is 6.92 Å². The molecule has 0 radical (unpaired) electrons. The standard InChI is InChI=1S/C14H25N3O2/c1-9-11(5-2-6-12(9)15)14(19)17-7-3-4-10(8-17)13(16)18/h9-12H,2-8,15H2,1H3,(H2,16,18). The molecule has 4 unspecified atom stereocenters. The van der Waals surface area contributed by atoms with Gasteiger partial charge >= 0.3 is 0 Å². The molecular weight excluding hydrogens is 242 g/mol. The van der Waals surface area contributed by atoms with Crippen molar-refractivity contribution in [2.75, 3.05) is 13.1 Å². The zero-order valence-electron chi connectivity index (χ0n) is 11.7. The van der Waals surface area contributed by atoms with Crippen molar-refractivity contribution in [2.24, 2.45) is 29.2 Å². The molecule has 19 heavy (non-hydrogen) atoms. The minimum Gasteiger partial charge on any atom is -0.369 e. The second-order valence-corrected chi connectivity index (χ2v) is 6.09. The maximum Gasteiger partial charge on any atom is 0.226 e. The van der Waals surface area contributed by atoms with Gasteiger partial charge in [0.05, 0.1) is 5.92 Å². The van der Waals surface area contributed by atoms with E-state index in [-0.39, 0.29) is 35.6 Å². The number of nitrogens with two attached hydrogens (primary N) is 2. The Morgan fingerprint density at radius 1 is 1.16 bits per heavy atom. The van der Waals surface area contributed by atoms with Gasteiger partial charge in [-0.3, -0.25) is 9.59 Å². The number of amides is 2. The Kier molecular flexibility index (Phi) is 4.45. The fourth-order valence-electron chi connectivity index (χ4n) is 3.39. The van der Waals surface area contributed by atoms with Crippen LogP contribution in [-0.2, 0) is 9.59 Å². The number of hydrogen-bond donors (Lipinski definition) is 2. The lowest BCUT2D eigenvalue weighted by molar-refractivity contribution is -0.141. The lowest BCUT2D eigenvalue weighted by atomic mass is 9.76. The number of nitrogens with zero attached hydrogens (tertiary/aromatic N) is 1. The average Bonchev–Trinajstić information content (AvgIpc) is 2.41. The summed E-state index contributed by atoms with van der Waals surface area (Å²) in [6, 6.07) is 0.124.